The van der Waals surface area contributed by atoms with E-state index in [1.807, 2.05) is 20.8 Å². The summed E-state index contributed by atoms with van der Waals surface area (Å²) in [6, 6.07) is 0. The number of aliphatic imine (C=N–C) groups is 1. The van der Waals surface area contributed by atoms with Crippen LogP contribution in [0.15, 0.2) is 4.99 Å². The Bertz CT molecular complexity index is 417. The summed E-state index contributed by atoms with van der Waals surface area (Å²) in [6.45, 7) is 12.8. The maximum absolute atomic E-state index is 11.8. The lowest BCUT2D eigenvalue weighted by atomic mass is 9.70. The predicted molar refractivity (Wildman–Crippen MR) is 77.4 cm³/mol. The van der Waals surface area contributed by atoms with Crippen molar-refractivity contribution < 1.29 is 9.53 Å². The van der Waals surface area contributed by atoms with Gasteiger partial charge in [0.1, 0.15) is 12.1 Å². The van der Waals surface area contributed by atoms with Crippen LogP contribution in [0.25, 0.3) is 0 Å². The lowest BCUT2D eigenvalue weighted by Crippen LogP contribution is -2.33. The van der Waals surface area contributed by atoms with Crippen LogP contribution < -0.4 is 0 Å². The van der Waals surface area contributed by atoms with E-state index in [2.05, 4.69) is 25.8 Å². The summed E-state index contributed by atoms with van der Waals surface area (Å²) in [5.74, 6) is 0.513. The maximum Gasteiger partial charge on any atom is 0.328 e. The topological polar surface area (TPSA) is 38.7 Å². The molecule has 0 radical (unpaired) electrons. The quantitative estimate of drug-likeness (QED) is 0.715. The van der Waals surface area contributed by atoms with Gasteiger partial charge in [-0.25, -0.2) is 0 Å². The smallest absolute Gasteiger partial charge is 0.328 e. The van der Waals surface area contributed by atoms with Gasteiger partial charge in [-0.2, -0.15) is 0 Å². The molecule has 19 heavy (non-hydrogen) atoms. The van der Waals surface area contributed by atoms with E-state index in [9.17, 15) is 4.79 Å². The van der Waals surface area contributed by atoms with Crippen LogP contribution in [-0.2, 0) is 9.53 Å². The molecule has 0 amide bonds. The number of hydrogen-bond donors (Lipinski definition) is 0. The molecular weight excluding hydrogens is 238 g/mol. The van der Waals surface area contributed by atoms with E-state index < -0.39 is 5.60 Å². The fourth-order valence-corrected chi connectivity index (χ4v) is 3.70. The van der Waals surface area contributed by atoms with Crippen LogP contribution in [0.2, 0.25) is 0 Å². The molecule has 0 N–H and O–H groups in total. The minimum atomic E-state index is -0.422. The van der Waals surface area contributed by atoms with Crippen LogP contribution in [0, 0.1) is 16.7 Å². The molecule has 0 aromatic carbocycles. The van der Waals surface area contributed by atoms with Crippen molar-refractivity contribution in [2.45, 2.75) is 66.4 Å². The van der Waals surface area contributed by atoms with E-state index in [1.54, 1.807) is 0 Å². The number of nitrogens with zero attached hydrogens (tertiary/aromatic N) is 1. The molecule has 2 unspecified atom stereocenters. The van der Waals surface area contributed by atoms with E-state index >= 15 is 0 Å². The number of rotatable bonds is 2. The molecular formula is C16H27NO2. The van der Waals surface area contributed by atoms with Gasteiger partial charge in [-0.1, -0.05) is 20.8 Å². The number of ether oxygens (including phenoxy) is 1. The summed E-state index contributed by atoms with van der Waals surface area (Å²) in [4.78, 5) is 16.4. The van der Waals surface area contributed by atoms with Gasteiger partial charge in [0.2, 0.25) is 0 Å². The number of fused-ring (bicyclic) bond motifs is 2. The Balaban J connectivity index is 2.05. The Hall–Kier alpha value is -0.860. The summed E-state index contributed by atoms with van der Waals surface area (Å²) < 4.78 is 5.32. The monoisotopic (exact) mass is 265 g/mol. The molecule has 2 bridgehead atoms. The first kappa shape index (κ1) is 14.5. The molecule has 2 rings (SSSR count). The third kappa shape index (κ3) is 2.44. The van der Waals surface area contributed by atoms with Gasteiger partial charge in [0.05, 0.1) is 0 Å². The maximum atomic E-state index is 11.8. The van der Waals surface area contributed by atoms with Gasteiger partial charge in [-0.05, 0) is 51.4 Å². The lowest BCUT2D eigenvalue weighted by molar-refractivity contribution is -0.152. The normalized spacial score (nSPS) is 34.8. The Morgan fingerprint density at radius 3 is 2.42 bits per heavy atom. The lowest BCUT2D eigenvalue weighted by Gasteiger charge is -2.34. The van der Waals surface area contributed by atoms with Crippen LogP contribution in [0.3, 0.4) is 0 Å². The average Bonchev–Trinajstić information content (AvgIpc) is 2.56. The summed E-state index contributed by atoms with van der Waals surface area (Å²) >= 11 is 0. The van der Waals surface area contributed by atoms with Crippen LogP contribution in [-0.4, -0.2) is 23.8 Å². The van der Waals surface area contributed by atoms with Gasteiger partial charge in [0.15, 0.2) is 0 Å². The fourth-order valence-electron chi connectivity index (χ4n) is 3.70. The third-order valence-electron chi connectivity index (χ3n) is 5.33. The zero-order valence-electron chi connectivity index (χ0n) is 13.2. The zero-order valence-corrected chi connectivity index (χ0v) is 13.2. The standard InChI is InChI=1S/C16H27NO2/c1-14(2,3)19-13(18)10-17-12-9-11-7-8-16(12,6)15(11,4)5/h11H,7-10H2,1-6H3/b17-12+. The molecule has 0 spiro atoms. The SMILES string of the molecule is CC(C)(C)OC(=O)C/N=C1\CC2CCC1(C)C2(C)C. The first-order valence-electron chi connectivity index (χ1n) is 7.32. The molecule has 0 aliphatic heterocycles. The number of hydrogen-bond acceptors (Lipinski definition) is 3. The zero-order chi connectivity index (χ0) is 14.5. The largest absolute Gasteiger partial charge is 0.459 e. The van der Waals surface area contributed by atoms with E-state index in [0.717, 1.165) is 12.3 Å². The highest BCUT2D eigenvalue weighted by atomic mass is 16.6. The number of esters is 1. The fraction of sp³-hybridized carbons (Fsp3) is 0.875. The van der Waals surface area contributed by atoms with E-state index in [-0.39, 0.29) is 17.9 Å². The second-order valence-corrected chi connectivity index (χ2v) is 7.84. The van der Waals surface area contributed by atoms with Crippen LogP contribution >= 0.6 is 0 Å². The third-order valence-corrected chi connectivity index (χ3v) is 5.33. The van der Waals surface area contributed by atoms with Gasteiger partial charge >= 0.3 is 5.97 Å². The van der Waals surface area contributed by atoms with Crippen molar-refractivity contribution in [3.63, 3.8) is 0 Å². The summed E-state index contributed by atoms with van der Waals surface area (Å²) in [6.07, 6.45) is 3.57. The summed E-state index contributed by atoms with van der Waals surface area (Å²) in [5.41, 5.74) is 1.31. The molecule has 0 aromatic rings. The first-order valence-corrected chi connectivity index (χ1v) is 7.32. The Kier molecular flexibility index (Phi) is 3.31. The second kappa shape index (κ2) is 4.32. The first-order chi connectivity index (χ1) is 8.56. The Labute approximate surface area is 116 Å². The molecule has 0 saturated heterocycles. The molecule has 2 saturated carbocycles. The highest BCUT2D eigenvalue weighted by molar-refractivity contribution is 5.95. The molecule has 2 aliphatic rings. The van der Waals surface area contributed by atoms with Gasteiger partial charge in [0, 0.05) is 11.1 Å². The van der Waals surface area contributed by atoms with Crippen LogP contribution in [0.1, 0.15) is 60.8 Å². The van der Waals surface area contributed by atoms with Gasteiger partial charge in [0.25, 0.3) is 0 Å². The second-order valence-electron chi connectivity index (χ2n) is 7.84. The molecule has 2 fully saturated rings. The van der Waals surface area contributed by atoms with Gasteiger partial charge in [-0.3, -0.25) is 9.79 Å². The molecule has 0 heterocycles. The summed E-state index contributed by atoms with van der Waals surface area (Å²) in [7, 11) is 0. The molecule has 3 nitrogen and oxygen atoms in total. The van der Waals surface area contributed by atoms with Crippen molar-refractivity contribution in [1.29, 1.82) is 0 Å². The van der Waals surface area contributed by atoms with Crippen molar-refractivity contribution in [3.05, 3.63) is 0 Å². The minimum absolute atomic E-state index is 0.172. The van der Waals surface area contributed by atoms with Crippen molar-refractivity contribution in [2.75, 3.05) is 6.54 Å². The van der Waals surface area contributed by atoms with E-state index in [1.165, 1.54) is 18.6 Å². The minimum Gasteiger partial charge on any atom is -0.459 e. The molecule has 0 aromatic heterocycles. The van der Waals surface area contributed by atoms with E-state index in [4.69, 9.17) is 4.74 Å². The van der Waals surface area contributed by atoms with Crippen molar-refractivity contribution in [3.8, 4) is 0 Å². The molecule has 2 aliphatic carbocycles. The Morgan fingerprint density at radius 1 is 1.37 bits per heavy atom. The highest BCUT2D eigenvalue weighted by Gasteiger charge is 2.59. The predicted octanol–water partition coefficient (Wildman–Crippen LogP) is 3.62. The Morgan fingerprint density at radius 2 is 2.00 bits per heavy atom. The summed E-state index contributed by atoms with van der Waals surface area (Å²) in [5, 5.41) is 0. The van der Waals surface area contributed by atoms with Crippen LogP contribution in [0.4, 0.5) is 0 Å². The molecule has 3 heteroatoms. The van der Waals surface area contributed by atoms with Crippen LogP contribution in [0.5, 0.6) is 0 Å². The number of carbonyl (C=O) groups excluding carboxylic acids is 1. The van der Waals surface area contributed by atoms with E-state index in [0.29, 0.717) is 5.41 Å². The van der Waals surface area contributed by atoms with Crippen molar-refractivity contribution in [1.82, 2.24) is 0 Å². The number of carbonyl (C=O) groups is 1. The molecule has 108 valence electrons. The van der Waals surface area contributed by atoms with Crippen molar-refractivity contribution in [2.24, 2.45) is 21.7 Å². The van der Waals surface area contributed by atoms with Gasteiger partial charge in [-0.15, -0.1) is 0 Å². The van der Waals surface area contributed by atoms with Crippen molar-refractivity contribution >= 4 is 11.7 Å². The highest BCUT2D eigenvalue weighted by Crippen LogP contribution is 2.63. The average molecular weight is 265 g/mol. The molecule has 2 atom stereocenters. The van der Waals surface area contributed by atoms with Gasteiger partial charge < -0.3 is 4.74 Å².